The van der Waals surface area contributed by atoms with Crippen molar-refractivity contribution in [2.24, 2.45) is 0 Å². The molecule has 31 heavy (non-hydrogen) atoms. The molecule has 4 nitrogen and oxygen atoms in total. The summed E-state index contributed by atoms with van der Waals surface area (Å²) in [6.45, 7) is 1.82. The number of nitrogens with one attached hydrogen (secondary N) is 1. The van der Waals surface area contributed by atoms with Crippen molar-refractivity contribution in [1.29, 1.82) is 0 Å². The van der Waals surface area contributed by atoms with E-state index in [9.17, 15) is 14.0 Å². The van der Waals surface area contributed by atoms with Crippen molar-refractivity contribution in [2.45, 2.75) is 6.92 Å². The van der Waals surface area contributed by atoms with Crippen LogP contribution in [0.25, 0.3) is 10.8 Å². The molecule has 4 aromatic rings. The van der Waals surface area contributed by atoms with Crippen LogP contribution in [0.2, 0.25) is 5.02 Å². The van der Waals surface area contributed by atoms with Gasteiger partial charge in [-0.15, -0.1) is 11.3 Å². The fraction of sp³-hybridized carbons (Fsp3) is 0.0833. The largest absolute Gasteiger partial charge is 0.313 e. The molecule has 3 aromatic carbocycles. The Labute approximate surface area is 187 Å². The zero-order chi connectivity index (χ0) is 22.1. The minimum absolute atomic E-state index is 0.0260. The van der Waals surface area contributed by atoms with E-state index in [-0.39, 0.29) is 16.5 Å². The maximum atomic E-state index is 13.2. The lowest BCUT2D eigenvalue weighted by Crippen LogP contribution is -2.25. The molecule has 156 valence electrons. The first kappa shape index (κ1) is 21.0. The molecular weight excluding hydrogens is 435 g/mol. The minimum atomic E-state index is -0.516. The Morgan fingerprint density at radius 3 is 2.48 bits per heavy atom. The van der Waals surface area contributed by atoms with Crippen molar-refractivity contribution >= 4 is 56.2 Å². The zero-order valence-corrected chi connectivity index (χ0v) is 18.4. The van der Waals surface area contributed by atoms with E-state index in [2.05, 4.69) is 5.32 Å². The number of carbonyl (C=O) groups is 2. The molecule has 1 aromatic heterocycles. The van der Waals surface area contributed by atoms with Gasteiger partial charge in [0.25, 0.3) is 11.8 Å². The van der Waals surface area contributed by atoms with Gasteiger partial charge in [-0.25, -0.2) is 4.39 Å². The Hall–Kier alpha value is -3.22. The fourth-order valence-electron chi connectivity index (χ4n) is 3.26. The van der Waals surface area contributed by atoms with E-state index < -0.39 is 11.7 Å². The van der Waals surface area contributed by atoms with Crippen LogP contribution in [0, 0.1) is 12.7 Å². The lowest BCUT2D eigenvalue weighted by molar-refractivity contribution is 0.0994. The van der Waals surface area contributed by atoms with Crippen LogP contribution in [0.5, 0.6) is 0 Å². The van der Waals surface area contributed by atoms with Crippen LogP contribution >= 0.6 is 22.9 Å². The Bertz CT molecular complexity index is 1320. The molecule has 0 unspecified atom stereocenters. The molecule has 0 saturated heterocycles. The summed E-state index contributed by atoms with van der Waals surface area (Å²) >= 11 is 7.16. The van der Waals surface area contributed by atoms with Gasteiger partial charge in [-0.2, -0.15) is 0 Å². The Morgan fingerprint density at radius 2 is 1.74 bits per heavy atom. The van der Waals surface area contributed by atoms with Gasteiger partial charge in [0, 0.05) is 12.7 Å². The van der Waals surface area contributed by atoms with Crippen LogP contribution in [0.15, 0.2) is 66.7 Å². The van der Waals surface area contributed by atoms with Gasteiger partial charge < -0.3 is 10.2 Å². The van der Waals surface area contributed by atoms with Crippen molar-refractivity contribution in [3.63, 3.8) is 0 Å². The third-order valence-electron chi connectivity index (χ3n) is 4.95. The van der Waals surface area contributed by atoms with Gasteiger partial charge in [0.15, 0.2) is 0 Å². The van der Waals surface area contributed by atoms with Crippen LogP contribution in [-0.4, -0.2) is 18.9 Å². The Morgan fingerprint density at radius 1 is 1.00 bits per heavy atom. The van der Waals surface area contributed by atoms with Gasteiger partial charge in [-0.3, -0.25) is 9.59 Å². The predicted octanol–water partition coefficient (Wildman–Crippen LogP) is 6.53. The van der Waals surface area contributed by atoms with Gasteiger partial charge in [-0.1, -0.05) is 41.9 Å². The standard InChI is InChI=1S/C24H18ClFN2O2S/c1-14-11-21(27-23(29)19-10-8-17(26)13-20(19)25)31-22(14)24(30)28(2)18-9-7-15-5-3-4-6-16(15)12-18/h3-13H,1-2H3,(H,27,29). The van der Waals surface area contributed by atoms with E-state index in [1.54, 1.807) is 18.0 Å². The van der Waals surface area contributed by atoms with E-state index in [0.29, 0.717) is 9.88 Å². The molecule has 0 atom stereocenters. The van der Waals surface area contributed by atoms with Crippen molar-refractivity contribution < 1.29 is 14.0 Å². The normalized spacial score (nSPS) is 10.8. The molecule has 0 fully saturated rings. The Balaban J connectivity index is 1.55. The maximum absolute atomic E-state index is 13.2. The summed E-state index contributed by atoms with van der Waals surface area (Å²) in [7, 11) is 1.72. The first-order chi connectivity index (χ1) is 14.8. The molecule has 0 aliphatic heterocycles. The number of thiophene rings is 1. The van der Waals surface area contributed by atoms with Gasteiger partial charge in [-0.05, 0) is 59.7 Å². The number of anilines is 2. The number of carbonyl (C=O) groups excluding carboxylic acids is 2. The average molecular weight is 453 g/mol. The summed E-state index contributed by atoms with van der Waals surface area (Å²) in [5.74, 6) is -1.15. The quantitative estimate of drug-likeness (QED) is 0.382. The van der Waals surface area contributed by atoms with Crippen LogP contribution in [0.3, 0.4) is 0 Å². The summed E-state index contributed by atoms with van der Waals surface area (Å²) in [5.41, 5.74) is 1.69. The lowest BCUT2D eigenvalue weighted by atomic mass is 10.1. The smallest absolute Gasteiger partial charge is 0.268 e. The van der Waals surface area contributed by atoms with Crippen LogP contribution < -0.4 is 10.2 Å². The first-order valence-corrected chi connectivity index (χ1v) is 10.7. The molecule has 1 N–H and O–H groups in total. The number of halogens is 2. The third kappa shape index (κ3) is 4.31. The van der Waals surface area contributed by atoms with Gasteiger partial charge in [0.2, 0.25) is 0 Å². The summed E-state index contributed by atoms with van der Waals surface area (Å²) in [6, 6.07) is 19.1. The topological polar surface area (TPSA) is 49.4 Å². The number of hydrogen-bond donors (Lipinski definition) is 1. The number of amides is 2. The summed E-state index contributed by atoms with van der Waals surface area (Å²) < 4.78 is 13.2. The highest BCUT2D eigenvalue weighted by atomic mass is 35.5. The highest BCUT2D eigenvalue weighted by Gasteiger charge is 2.20. The molecule has 0 aliphatic rings. The van der Waals surface area contributed by atoms with Crippen LogP contribution in [0.1, 0.15) is 25.6 Å². The Kier molecular flexibility index (Phi) is 5.76. The molecule has 0 spiro atoms. The van der Waals surface area contributed by atoms with E-state index >= 15 is 0 Å². The second-order valence-electron chi connectivity index (χ2n) is 7.10. The number of fused-ring (bicyclic) bond motifs is 1. The first-order valence-electron chi connectivity index (χ1n) is 9.47. The fourth-order valence-corrected chi connectivity index (χ4v) is 4.56. The van der Waals surface area contributed by atoms with Gasteiger partial charge >= 0.3 is 0 Å². The summed E-state index contributed by atoms with van der Waals surface area (Å²) in [6.07, 6.45) is 0. The minimum Gasteiger partial charge on any atom is -0.313 e. The SMILES string of the molecule is Cc1cc(NC(=O)c2ccc(F)cc2Cl)sc1C(=O)N(C)c1ccc2ccccc2c1. The zero-order valence-electron chi connectivity index (χ0n) is 16.8. The molecule has 0 radical (unpaired) electrons. The number of rotatable bonds is 4. The molecule has 0 aliphatic carbocycles. The average Bonchev–Trinajstić information content (AvgIpc) is 3.12. The summed E-state index contributed by atoms with van der Waals surface area (Å²) in [4.78, 5) is 27.7. The van der Waals surface area contributed by atoms with Gasteiger partial charge in [0.1, 0.15) is 5.82 Å². The monoisotopic (exact) mass is 452 g/mol. The maximum Gasteiger partial charge on any atom is 0.268 e. The lowest BCUT2D eigenvalue weighted by Gasteiger charge is -2.17. The molecular formula is C24H18ClFN2O2S. The number of benzene rings is 3. The molecule has 1 heterocycles. The van der Waals surface area contributed by atoms with Crippen LogP contribution in [0.4, 0.5) is 15.1 Å². The van der Waals surface area contributed by atoms with Crippen molar-refractivity contribution in [2.75, 3.05) is 17.3 Å². The second-order valence-corrected chi connectivity index (χ2v) is 8.56. The summed E-state index contributed by atoms with van der Waals surface area (Å²) in [5, 5.41) is 5.43. The van der Waals surface area contributed by atoms with Crippen molar-refractivity contribution in [1.82, 2.24) is 0 Å². The van der Waals surface area contributed by atoms with E-state index in [1.165, 1.54) is 23.5 Å². The van der Waals surface area contributed by atoms with E-state index in [1.807, 2.05) is 49.4 Å². The van der Waals surface area contributed by atoms with Gasteiger partial charge in [0.05, 0.1) is 20.5 Å². The second kappa shape index (κ2) is 8.49. The molecule has 2 amide bonds. The number of hydrogen-bond acceptors (Lipinski definition) is 3. The molecule has 0 bridgehead atoms. The van der Waals surface area contributed by atoms with E-state index in [4.69, 9.17) is 11.6 Å². The molecule has 7 heteroatoms. The predicted molar refractivity (Wildman–Crippen MR) is 125 cm³/mol. The number of nitrogens with zero attached hydrogens (tertiary/aromatic N) is 1. The molecule has 0 saturated carbocycles. The van der Waals surface area contributed by atoms with Crippen LogP contribution in [-0.2, 0) is 0 Å². The van der Waals surface area contributed by atoms with E-state index in [0.717, 1.165) is 28.1 Å². The number of aryl methyl sites for hydroxylation is 1. The highest BCUT2D eigenvalue weighted by molar-refractivity contribution is 7.18. The van der Waals surface area contributed by atoms with Crippen molar-refractivity contribution in [3.8, 4) is 0 Å². The van der Waals surface area contributed by atoms with Crippen molar-refractivity contribution in [3.05, 3.63) is 93.6 Å². The third-order valence-corrected chi connectivity index (χ3v) is 6.40. The molecule has 4 rings (SSSR count). The highest BCUT2D eigenvalue weighted by Crippen LogP contribution is 2.31.